The van der Waals surface area contributed by atoms with Gasteiger partial charge in [0.15, 0.2) is 18.2 Å². The number of ether oxygens (including phenoxy) is 1. The van der Waals surface area contributed by atoms with Gasteiger partial charge in [0, 0.05) is 47.8 Å². The van der Waals surface area contributed by atoms with Crippen LogP contribution in [0.2, 0.25) is 0 Å². The summed E-state index contributed by atoms with van der Waals surface area (Å²) in [6.07, 6.45) is 1.68. The molecule has 2 N–H and O–H groups in total. The van der Waals surface area contributed by atoms with E-state index in [0.717, 1.165) is 11.4 Å². The van der Waals surface area contributed by atoms with Crippen molar-refractivity contribution in [2.75, 3.05) is 13.2 Å². The molecule has 0 radical (unpaired) electrons. The monoisotopic (exact) mass is 651 g/mol. The largest absolute Gasteiger partial charge is 0.481 e. The highest BCUT2D eigenvalue weighted by molar-refractivity contribution is 9.11. The Hall–Kier alpha value is -2.46. The highest BCUT2D eigenvalue weighted by Crippen LogP contribution is 2.55. The molecule has 1 aromatic carbocycles. The van der Waals surface area contributed by atoms with Crippen LogP contribution in [0.25, 0.3) is 0 Å². The Bertz CT molecular complexity index is 1230. The predicted octanol–water partition coefficient (Wildman–Crippen LogP) is 5.84. The van der Waals surface area contributed by atoms with Crippen molar-refractivity contribution in [1.82, 2.24) is 4.90 Å². The van der Waals surface area contributed by atoms with Crippen LogP contribution >= 0.6 is 31.9 Å². The minimum absolute atomic E-state index is 0.0517. The molecule has 0 bridgehead atoms. The van der Waals surface area contributed by atoms with Gasteiger partial charge in [-0.05, 0) is 73.2 Å². The van der Waals surface area contributed by atoms with Crippen LogP contribution in [0.1, 0.15) is 71.3 Å². The molecule has 3 aliphatic rings. The Labute approximate surface area is 238 Å². The molecule has 0 spiro atoms. The minimum Gasteiger partial charge on any atom is -0.481 e. The average Bonchev–Trinajstić information content (AvgIpc) is 2.74. The van der Waals surface area contributed by atoms with Gasteiger partial charge in [0.05, 0.1) is 15.4 Å². The second-order valence-electron chi connectivity index (χ2n) is 11.8. The maximum absolute atomic E-state index is 13.8. The molecule has 0 fully saturated rings. The summed E-state index contributed by atoms with van der Waals surface area (Å²) in [6.45, 7) is 7.77. The summed E-state index contributed by atoms with van der Waals surface area (Å²) < 4.78 is 6.42. The first-order valence-corrected chi connectivity index (χ1v) is 14.0. The minimum atomic E-state index is -1.11. The summed E-state index contributed by atoms with van der Waals surface area (Å²) in [4.78, 5) is 52.1. The number of carbonyl (C=O) groups excluding carboxylic acids is 2. The third-order valence-electron chi connectivity index (χ3n) is 7.27. The highest BCUT2D eigenvalue weighted by atomic mass is 79.9. The van der Waals surface area contributed by atoms with E-state index in [1.54, 1.807) is 12.1 Å². The molecular weight excluding hydrogens is 622 g/mol. The van der Waals surface area contributed by atoms with Crippen LogP contribution in [0.3, 0.4) is 0 Å². The zero-order valence-electron chi connectivity index (χ0n) is 21.8. The zero-order chi connectivity index (χ0) is 28.2. The van der Waals surface area contributed by atoms with E-state index in [9.17, 15) is 24.3 Å². The lowest BCUT2D eigenvalue weighted by Gasteiger charge is -2.49. The van der Waals surface area contributed by atoms with Crippen LogP contribution in [0.15, 0.2) is 43.6 Å². The van der Waals surface area contributed by atoms with Crippen LogP contribution in [0.5, 0.6) is 5.75 Å². The van der Waals surface area contributed by atoms with Gasteiger partial charge in [0.2, 0.25) is 0 Å². The summed E-state index contributed by atoms with van der Waals surface area (Å²) in [5.41, 5.74) is 2.73. The second-order valence-corrected chi connectivity index (χ2v) is 13.5. The number of allylic oxidation sites excluding steroid dienone is 4. The molecule has 0 atom stereocenters. The molecule has 0 saturated carbocycles. The normalized spacial score (nSPS) is 20.8. The number of ketones is 2. The molecule has 1 aromatic rings. The van der Waals surface area contributed by atoms with Crippen LogP contribution in [-0.2, 0) is 19.2 Å². The lowest BCUT2D eigenvalue weighted by molar-refractivity contribution is -0.139. The molecule has 8 nitrogen and oxygen atoms in total. The molecule has 0 unspecified atom stereocenters. The molecule has 1 aliphatic heterocycles. The summed E-state index contributed by atoms with van der Waals surface area (Å²) in [7, 11) is 0. The Kier molecular flexibility index (Phi) is 7.71. The van der Waals surface area contributed by atoms with E-state index >= 15 is 0 Å². The number of carboxylic acid groups (broad SMARTS) is 2. The van der Waals surface area contributed by atoms with E-state index in [-0.39, 0.29) is 35.4 Å². The van der Waals surface area contributed by atoms with E-state index < -0.39 is 24.5 Å². The van der Waals surface area contributed by atoms with Crippen molar-refractivity contribution in [3.8, 4) is 5.75 Å². The third kappa shape index (κ3) is 5.61. The van der Waals surface area contributed by atoms with Gasteiger partial charge in [0.25, 0.3) is 0 Å². The van der Waals surface area contributed by atoms with Gasteiger partial charge in [-0.15, -0.1) is 0 Å². The van der Waals surface area contributed by atoms with Crippen LogP contribution in [0.4, 0.5) is 0 Å². The van der Waals surface area contributed by atoms with E-state index in [4.69, 9.17) is 9.84 Å². The highest BCUT2D eigenvalue weighted by Gasteiger charge is 2.49. The number of rotatable bonds is 7. The lowest BCUT2D eigenvalue weighted by Crippen LogP contribution is -2.45. The molecular formula is C28H31Br2NO7. The topological polar surface area (TPSA) is 121 Å². The number of halogens is 2. The van der Waals surface area contributed by atoms with Gasteiger partial charge in [-0.2, -0.15) is 0 Å². The summed E-state index contributed by atoms with van der Waals surface area (Å²) in [6, 6.07) is 3.55. The fourth-order valence-corrected chi connectivity index (χ4v) is 7.33. The van der Waals surface area contributed by atoms with Crippen molar-refractivity contribution in [3.63, 3.8) is 0 Å². The lowest BCUT2D eigenvalue weighted by atomic mass is 9.63. The molecule has 4 rings (SSSR count). The van der Waals surface area contributed by atoms with Gasteiger partial charge in [-0.1, -0.05) is 27.7 Å². The van der Waals surface area contributed by atoms with Gasteiger partial charge in [0.1, 0.15) is 5.75 Å². The first kappa shape index (κ1) is 28.5. The molecule has 0 aromatic heterocycles. The van der Waals surface area contributed by atoms with Gasteiger partial charge >= 0.3 is 11.9 Å². The third-order valence-corrected chi connectivity index (χ3v) is 8.44. The Balaban J connectivity index is 1.95. The second kappa shape index (κ2) is 10.3. The summed E-state index contributed by atoms with van der Waals surface area (Å²) in [5, 5.41) is 18.5. The first-order chi connectivity index (χ1) is 17.6. The molecule has 10 heteroatoms. The predicted molar refractivity (Wildman–Crippen MR) is 147 cm³/mol. The quantitative estimate of drug-likeness (QED) is 0.377. The van der Waals surface area contributed by atoms with Crippen molar-refractivity contribution < 1.29 is 34.1 Å². The molecule has 2 aliphatic carbocycles. The van der Waals surface area contributed by atoms with E-state index in [1.165, 1.54) is 0 Å². The van der Waals surface area contributed by atoms with E-state index in [1.807, 2.05) is 32.6 Å². The Morgan fingerprint density at radius 1 is 0.895 bits per heavy atom. The number of carboxylic acids is 2. The number of aliphatic carboxylic acids is 2. The summed E-state index contributed by atoms with van der Waals surface area (Å²) in [5.74, 6) is -2.46. The standard InChI is InChI=1S/C28H31Br2NO7/c1-27(2)9-17-24(19(32)11-27)23(14-7-15(29)26(16(30)8-14)38-13-22(36)37)25-18(31(17)6-5-21(34)35)10-28(3,4)12-20(25)33/h7-8,23H,5-6,9-13H2,1-4H3,(H,34,35)(H,36,37). The molecule has 0 amide bonds. The number of hydrogen-bond donors (Lipinski definition) is 2. The van der Waals surface area contributed by atoms with Crippen molar-refractivity contribution in [3.05, 3.63) is 49.2 Å². The van der Waals surface area contributed by atoms with Crippen molar-refractivity contribution in [1.29, 1.82) is 0 Å². The smallest absolute Gasteiger partial charge is 0.341 e. The maximum Gasteiger partial charge on any atom is 0.341 e. The Morgan fingerprint density at radius 2 is 1.37 bits per heavy atom. The summed E-state index contributed by atoms with van der Waals surface area (Å²) >= 11 is 6.97. The fourth-order valence-electron chi connectivity index (χ4n) is 5.88. The number of carbonyl (C=O) groups is 4. The van der Waals surface area contributed by atoms with Crippen LogP contribution < -0.4 is 4.74 Å². The van der Waals surface area contributed by atoms with Crippen molar-refractivity contribution in [2.45, 2.75) is 65.7 Å². The van der Waals surface area contributed by atoms with Crippen LogP contribution in [-0.4, -0.2) is 51.8 Å². The zero-order valence-corrected chi connectivity index (χ0v) is 25.0. The van der Waals surface area contributed by atoms with Crippen LogP contribution in [0, 0.1) is 10.8 Å². The molecule has 38 heavy (non-hydrogen) atoms. The first-order valence-electron chi connectivity index (χ1n) is 12.5. The van der Waals surface area contributed by atoms with Gasteiger partial charge in [-0.3, -0.25) is 14.4 Å². The Morgan fingerprint density at radius 3 is 1.79 bits per heavy atom. The van der Waals surface area contributed by atoms with Crippen molar-refractivity contribution in [2.24, 2.45) is 10.8 Å². The maximum atomic E-state index is 13.8. The van der Waals surface area contributed by atoms with E-state index in [0.29, 0.717) is 57.1 Å². The van der Waals surface area contributed by atoms with Gasteiger partial charge < -0.3 is 19.8 Å². The number of Topliss-reactive ketones (excluding diaryl/α,β-unsaturated/α-hetero) is 2. The van der Waals surface area contributed by atoms with Crippen molar-refractivity contribution >= 4 is 55.4 Å². The number of nitrogens with zero attached hydrogens (tertiary/aromatic N) is 1. The molecule has 204 valence electrons. The SMILES string of the molecule is CC1(C)CC(=O)C2=C(C1)N(CCC(=O)O)C1=C(C(=O)CC(C)(C)C1)C2c1cc(Br)c(OCC(=O)O)c(Br)c1. The number of benzene rings is 1. The fraction of sp³-hybridized carbons (Fsp3) is 0.500. The van der Waals surface area contributed by atoms with Gasteiger partial charge in [-0.25, -0.2) is 4.79 Å². The van der Waals surface area contributed by atoms with E-state index in [2.05, 4.69) is 31.9 Å². The molecule has 1 heterocycles. The molecule has 0 saturated heterocycles. The average molecular weight is 653 g/mol. The number of hydrogen-bond acceptors (Lipinski definition) is 6.